The molecule has 0 fully saturated rings. The number of nitrogens with one attached hydrogen (secondary N) is 2. The minimum absolute atomic E-state index is 0.248. The Labute approximate surface area is 189 Å². The van der Waals surface area contributed by atoms with Crippen LogP contribution in [0.2, 0.25) is 0 Å². The van der Waals surface area contributed by atoms with Gasteiger partial charge in [-0.05, 0) is 59.7 Å². The molecule has 0 saturated heterocycles. The quantitative estimate of drug-likeness (QED) is 0.249. The maximum absolute atomic E-state index is 13.1. The van der Waals surface area contributed by atoms with Crippen LogP contribution in [0, 0.1) is 5.82 Å². The molecule has 5 nitrogen and oxygen atoms in total. The summed E-state index contributed by atoms with van der Waals surface area (Å²) in [7, 11) is 0. The maximum Gasteiger partial charge on any atom is 0.248 e. The third kappa shape index (κ3) is 5.59. The van der Waals surface area contributed by atoms with Crippen LogP contribution in [-0.4, -0.2) is 10.9 Å². The van der Waals surface area contributed by atoms with Crippen LogP contribution in [0.15, 0.2) is 84.3 Å². The van der Waals surface area contributed by atoms with Crippen LogP contribution in [0.5, 0.6) is 0 Å². The van der Waals surface area contributed by atoms with Crippen molar-refractivity contribution in [2.24, 2.45) is 0 Å². The number of thiazole rings is 1. The highest BCUT2D eigenvalue weighted by molar-refractivity contribution is 7.14. The van der Waals surface area contributed by atoms with Gasteiger partial charge in [0.05, 0.1) is 17.1 Å². The summed E-state index contributed by atoms with van der Waals surface area (Å²) >= 11 is 1.50. The molecule has 4 rings (SSSR count). The minimum atomic E-state index is -0.266. The zero-order valence-corrected chi connectivity index (χ0v) is 17.9. The van der Waals surface area contributed by atoms with Gasteiger partial charge in [0.15, 0.2) is 5.13 Å². The van der Waals surface area contributed by atoms with Gasteiger partial charge in [-0.2, -0.15) is 0 Å². The van der Waals surface area contributed by atoms with Crippen LogP contribution in [0.3, 0.4) is 0 Å². The molecule has 0 aliphatic carbocycles. The van der Waals surface area contributed by atoms with Gasteiger partial charge in [-0.3, -0.25) is 4.79 Å². The van der Waals surface area contributed by atoms with Crippen molar-refractivity contribution in [3.05, 3.63) is 101 Å². The Morgan fingerprint density at radius 1 is 1.06 bits per heavy atom. The van der Waals surface area contributed by atoms with Crippen molar-refractivity contribution < 1.29 is 9.18 Å². The maximum atomic E-state index is 13.1. The molecule has 160 valence electrons. The molecule has 0 aliphatic rings. The third-order valence-corrected chi connectivity index (χ3v) is 5.48. The molecule has 4 N–H and O–H groups in total. The van der Waals surface area contributed by atoms with E-state index in [1.54, 1.807) is 30.3 Å². The highest BCUT2D eigenvalue weighted by atomic mass is 32.1. The number of rotatable bonds is 7. The van der Waals surface area contributed by atoms with Crippen LogP contribution in [0.1, 0.15) is 11.1 Å². The molecule has 0 aliphatic heterocycles. The number of aromatic nitrogens is 1. The summed E-state index contributed by atoms with van der Waals surface area (Å²) in [6.45, 7) is 0.588. The van der Waals surface area contributed by atoms with Crippen molar-refractivity contribution in [3.63, 3.8) is 0 Å². The van der Waals surface area contributed by atoms with E-state index < -0.39 is 0 Å². The lowest BCUT2D eigenvalue weighted by atomic mass is 10.1. The van der Waals surface area contributed by atoms with E-state index in [0.717, 1.165) is 27.5 Å². The molecule has 1 aromatic heterocycles. The molecule has 1 amide bonds. The van der Waals surface area contributed by atoms with Gasteiger partial charge in [-0.25, -0.2) is 9.37 Å². The first-order valence-corrected chi connectivity index (χ1v) is 10.8. The second-order valence-corrected chi connectivity index (χ2v) is 7.91. The summed E-state index contributed by atoms with van der Waals surface area (Å²) in [5, 5.41) is 8.80. The molecule has 4 aromatic rings. The highest BCUT2D eigenvalue weighted by Gasteiger charge is 2.05. The number of hydrogen-bond acceptors (Lipinski definition) is 5. The van der Waals surface area contributed by atoms with E-state index in [2.05, 4.69) is 15.6 Å². The number of amides is 1. The second-order valence-electron chi connectivity index (χ2n) is 7.05. The number of halogens is 1. The van der Waals surface area contributed by atoms with E-state index in [4.69, 9.17) is 5.73 Å². The molecule has 0 radical (unpaired) electrons. The number of nitrogens with zero attached hydrogens (tertiary/aromatic N) is 1. The number of nitrogen functional groups attached to an aromatic ring is 1. The Morgan fingerprint density at radius 3 is 2.69 bits per heavy atom. The summed E-state index contributed by atoms with van der Waals surface area (Å²) in [6.07, 6.45) is 3.24. The summed E-state index contributed by atoms with van der Waals surface area (Å²) in [5.74, 6) is -0.513. The Kier molecular flexibility index (Phi) is 6.57. The van der Waals surface area contributed by atoms with E-state index in [0.29, 0.717) is 17.9 Å². The van der Waals surface area contributed by atoms with E-state index in [1.165, 1.54) is 29.5 Å². The number of nitrogens with two attached hydrogens (primary N) is 1. The van der Waals surface area contributed by atoms with Gasteiger partial charge in [0, 0.05) is 23.6 Å². The molecule has 1 heterocycles. The van der Waals surface area contributed by atoms with Crippen molar-refractivity contribution in [1.29, 1.82) is 0 Å². The molecule has 0 atom stereocenters. The van der Waals surface area contributed by atoms with Gasteiger partial charge in [0.1, 0.15) is 5.82 Å². The zero-order chi connectivity index (χ0) is 22.3. The van der Waals surface area contributed by atoms with Gasteiger partial charge in [0.2, 0.25) is 5.91 Å². The fourth-order valence-corrected chi connectivity index (χ4v) is 3.77. The average Bonchev–Trinajstić information content (AvgIpc) is 3.28. The smallest absolute Gasteiger partial charge is 0.248 e. The Bertz CT molecular complexity index is 1250. The number of carbonyl (C=O) groups is 1. The Morgan fingerprint density at radius 2 is 1.88 bits per heavy atom. The normalized spacial score (nSPS) is 10.9. The summed E-state index contributed by atoms with van der Waals surface area (Å²) < 4.78 is 13.1. The fraction of sp³-hybridized carbons (Fsp3) is 0.0400. The van der Waals surface area contributed by atoms with Crippen LogP contribution in [0.25, 0.3) is 17.3 Å². The number of benzene rings is 3. The van der Waals surface area contributed by atoms with Crippen LogP contribution >= 0.6 is 11.3 Å². The molecule has 3 aromatic carbocycles. The van der Waals surface area contributed by atoms with E-state index in [1.807, 2.05) is 41.8 Å². The topological polar surface area (TPSA) is 80.0 Å². The Balaban J connectivity index is 1.35. The third-order valence-electron chi connectivity index (χ3n) is 4.68. The van der Waals surface area contributed by atoms with Gasteiger partial charge in [-0.1, -0.05) is 30.3 Å². The Hall–Kier alpha value is -3.97. The second kappa shape index (κ2) is 9.89. The van der Waals surface area contributed by atoms with E-state index >= 15 is 0 Å². The monoisotopic (exact) mass is 444 g/mol. The SMILES string of the molecule is Nc1ccccc1NC(=O)/C=C/c1cccc(CNc2nc(-c3ccc(F)cc3)cs2)c1. The fourth-order valence-electron chi connectivity index (χ4n) is 3.05. The molecule has 32 heavy (non-hydrogen) atoms. The zero-order valence-electron chi connectivity index (χ0n) is 17.1. The van der Waals surface area contributed by atoms with Gasteiger partial charge in [-0.15, -0.1) is 11.3 Å². The number of anilines is 3. The first kappa shape index (κ1) is 21.3. The van der Waals surface area contributed by atoms with Crippen molar-refractivity contribution >= 4 is 39.8 Å². The first-order chi connectivity index (χ1) is 15.6. The summed E-state index contributed by atoms with van der Waals surface area (Å²) in [4.78, 5) is 16.7. The first-order valence-electron chi connectivity index (χ1n) is 9.95. The number of carbonyl (C=O) groups excluding carboxylic acids is 1. The summed E-state index contributed by atoms with van der Waals surface area (Å²) in [6, 6.07) is 21.3. The average molecular weight is 445 g/mol. The van der Waals surface area contributed by atoms with Gasteiger partial charge >= 0.3 is 0 Å². The molecular weight excluding hydrogens is 423 g/mol. The van der Waals surface area contributed by atoms with Crippen LogP contribution in [-0.2, 0) is 11.3 Å². The lowest BCUT2D eigenvalue weighted by Gasteiger charge is -2.06. The molecule has 0 unspecified atom stereocenters. The highest BCUT2D eigenvalue weighted by Crippen LogP contribution is 2.25. The van der Waals surface area contributed by atoms with Gasteiger partial charge < -0.3 is 16.4 Å². The van der Waals surface area contributed by atoms with E-state index in [-0.39, 0.29) is 11.7 Å². The van der Waals surface area contributed by atoms with Crippen molar-refractivity contribution in [3.8, 4) is 11.3 Å². The lowest BCUT2D eigenvalue weighted by molar-refractivity contribution is -0.111. The van der Waals surface area contributed by atoms with Crippen LogP contribution < -0.4 is 16.4 Å². The molecular formula is C25H21FN4OS. The largest absolute Gasteiger partial charge is 0.397 e. The van der Waals surface area contributed by atoms with Crippen molar-refractivity contribution in [2.75, 3.05) is 16.4 Å². The minimum Gasteiger partial charge on any atom is -0.397 e. The lowest BCUT2D eigenvalue weighted by Crippen LogP contribution is -2.09. The molecule has 0 spiro atoms. The van der Waals surface area contributed by atoms with E-state index in [9.17, 15) is 9.18 Å². The predicted octanol–water partition coefficient (Wildman–Crippen LogP) is 5.80. The molecule has 0 saturated carbocycles. The standard InChI is InChI=1S/C25H21FN4OS/c26-20-11-9-19(10-12-20)23-16-32-25(30-23)28-15-18-5-3-4-17(14-18)8-13-24(31)29-22-7-2-1-6-21(22)27/h1-14,16H,15,27H2,(H,28,30)(H,29,31)/b13-8+. The number of hydrogen-bond donors (Lipinski definition) is 3. The van der Waals surface area contributed by atoms with Gasteiger partial charge in [0.25, 0.3) is 0 Å². The van der Waals surface area contributed by atoms with Crippen molar-refractivity contribution in [2.45, 2.75) is 6.54 Å². The van der Waals surface area contributed by atoms with Crippen molar-refractivity contribution in [1.82, 2.24) is 4.98 Å². The summed E-state index contributed by atoms with van der Waals surface area (Å²) in [5.41, 5.74) is 10.6. The molecule has 0 bridgehead atoms. The predicted molar refractivity (Wildman–Crippen MR) is 130 cm³/mol. The number of para-hydroxylation sites is 2. The molecule has 7 heteroatoms. The van der Waals surface area contributed by atoms with Crippen LogP contribution in [0.4, 0.5) is 20.9 Å².